The van der Waals surface area contributed by atoms with Crippen molar-refractivity contribution in [2.45, 2.75) is 12.6 Å². The average Bonchev–Trinajstić information content (AvgIpc) is 3.25. The van der Waals surface area contributed by atoms with Gasteiger partial charge in [-0.1, -0.05) is 12.1 Å². The molecule has 1 aromatic carbocycles. The molecule has 4 rings (SSSR count). The second kappa shape index (κ2) is 6.96. The molecule has 8 heteroatoms. The lowest BCUT2D eigenvalue weighted by molar-refractivity contribution is -0.117. The van der Waals surface area contributed by atoms with Crippen LogP contribution in [0.3, 0.4) is 0 Å². The second-order valence-corrected chi connectivity index (χ2v) is 6.35. The summed E-state index contributed by atoms with van der Waals surface area (Å²) < 4.78 is 34.1. The number of anilines is 1. The molecule has 0 aliphatic heterocycles. The molecule has 27 heavy (non-hydrogen) atoms. The predicted molar refractivity (Wildman–Crippen MR) is 94.8 cm³/mol. The molecule has 0 spiro atoms. The summed E-state index contributed by atoms with van der Waals surface area (Å²) in [6, 6.07) is 8.05. The first-order valence-corrected chi connectivity index (χ1v) is 8.53. The van der Waals surface area contributed by atoms with Crippen molar-refractivity contribution in [2.75, 3.05) is 18.5 Å². The summed E-state index contributed by atoms with van der Waals surface area (Å²) in [6.45, 7) is -0.244. The van der Waals surface area contributed by atoms with E-state index in [0.29, 0.717) is 22.6 Å². The van der Waals surface area contributed by atoms with Crippen LogP contribution in [0.4, 0.5) is 14.6 Å². The maximum atomic E-state index is 14.1. The number of aliphatic hydroxyl groups is 1. The number of aliphatic hydroxyl groups excluding tert-OH is 1. The first-order valence-electron chi connectivity index (χ1n) is 8.53. The first kappa shape index (κ1) is 17.4. The van der Waals surface area contributed by atoms with Gasteiger partial charge in [0.1, 0.15) is 18.4 Å². The number of aromatic nitrogens is 2. The van der Waals surface area contributed by atoms with Crippen molar-refractivity contribution < 1.29 is 23.4 Å². The van der Waals surface area contributed by atoms with Gasteiger partial charge >= 0.3 is 0 Å². The number of benzene rings is 1. The first-order chi connectivity index (χ1) is 13.1. The third-order valence-electron chi connectivity index (χ3n) is 4.37. The van der Waals surface area contributed by atoms with E-state index in [1.807, 2.05) is 0 Å². The van der Waals surface area contributed by atoms with Crippen molar-refractivity contribution >= 4 is 17.4 Å². The smallest absolute Gasteiger partial charge is 0.231 e. The zero-order valence-corrected chi connectivity index (χ0v) is 14.2. The molecule has 1 saturated carbocycles. The topological polar surface area (TPSA) is 75.9 Å². The van der Waals surface area contributed by atoms with Crippen LogP contribution in [0, 0.1) is 11.7 Å². The Morgan fingerprint density at radius 2 is 2.15 bits per heavy atom. The van der Waals surface area contributed by atoms with Crippen molar-refractivity contribution in [3.8, 4) is 16.9 Å². The number of imidazole rings is 1. The van der Waals surface area contributed by atoms with E-state index in [-0.39, 0.29) is 31.3 Å². The van der Waals surface area contributed by atoms with Crippen molar-refractivity contribution in [1.82, 2.24) is 9.38 Å². The van der Waals surface area contributed by atoms with Crippen LogP contribution in [0.1, 0.15) is 6.42 Å². The number of rotatable bonds is 6. The van der Waals surface area contributed by atoms with Gasteiger partial charge in [-0.2, -0.15) is 0 Å². The number of alkyl halides is 1. The van der Waals surface area contributed by atoms with Crippen molar-refractivity contribution in [3.63, 3.8) is 0 Å². The Labute approximate surface area is 153 Å². The van der Waals surface area contributed by atoms with Gasteiger partial charge < -0.3 is 19.6 Å². The van der Waals surface area contributed by atoms with E-state index >= 15 is 0 Å². The summed E-state index contributed by atoms with van der Waals surface area (Å²) in [7, 11) is 0. The monoisotopic (exact) mass is 373 g/mol. The lowest BCUT2D eigenvalue weighted by Gasteiger charge is -2.12. The molecule has 1 aliphatic carbocycles. The highest BCUT2D eigenvalue weighted by atomic mass is 19.1. The van der Waals surface area contributed by atoms with Gasteiger partial charge in [0, 0.05) is 17.3 Å². The van der Waals surface area contributed by atoms with E-state index in [0.717, 1.165) is 0 Å². The van der Waals surface area contributed by atoms with E-state index < -0.39 is 17.9 Å². The molecule has 6 nitrogen and oxygen atoms in total. The molecule has 1 amide bonds. The molecule has 140 valence electrons. The second-order valence-electron chi connectivity index (χ2n) is 6.35. The average molecular weight is 373 g/mol. The van der Waals surface area contributed by atoms with Crippen molar-refractivity contribution in [2.24, 2.45) is 5.92 Å². The standard InChI is InChI=1S/C19H17F2N3O3/c20-14-3-1-2-12(18(14)27-7-6-25)11-4-5-17-22-16(10-24(17)9-11)23-19(26)13-8-15(13)21/h1-5,9-10,13,15,25H,6-8H2,(H,23,26)/t13-,15+/m1/s1. The van der Waals surface area contributed by atoms with Gasteiger partial charge in [0.2, 0.25) is 5.91 Å². The van der Waals surface area contributed by atoms with E-state index in [9.17, 15) is 13.6 Å². The molecule has 2 atom stereocenters. The third-order valence-corrected chi connectivity index (χ3v) is 4.37. The Morgan fingerprint density at radius 1 is 1.33 bits per heavy atom. The Balaban J connectivity index is 1.64. The van der Waals surface area contributed by atoms with Gasteiger partial charge in [0.25, 0.3) is 0 Å². The highest BCUT2D eigenvalue weighted by Gasteiger charge is 2.43. The quantitative estimate of drug-likeness (QED) is 0.697. The molecule has 1 fully saturated rings. The fourth-order valence-electron chi connectivity index (χ4n) is 2.90. The molecule has 3 aromatic rings. The van der Waals surface area contributed by atoms with Crippen LogP contribution >= 0.6 is 0 Å². The van der Waals surface area contributed by atoms with Gasteiger partial charge in [0.05, 0.1) is 18.7 Å². The third kappa shape index (κ3) is 3.48. The van der Waals surface area contributed by atoms with Gasteiger partial charge in [-0.25, -0.2) is 13.8 Å². The van der Waals surface area contributed by atoms with Crippen LogP contribution in [0.25, 0.3) is 16.8 Å². The fraction of sp³-hybridized carbons (Fsp3) is 0.263. The zero-order chi connectivity index (χ0) is 19.0. The largest absolute Gasteiger partial charge is 0.487 e. The molecular formula is C19H17F2N3O3. The SMILES string of the molecule is O=C(Nc1cn2cc(-c3cccc(F)c3OCCO)ccc2n1)[C@@H]1C[C@@H]1F. The van der Waals surface area contributed by atoms with Crippen LogP contribution in [0.2, 0.25) is 0 Å². The number of nitrogens with one attached hydrogen (secondary N) is 1. The number of halogens is 2. The molecule has 0 unspecified atom stereocenters. The highest BCUT2D eigenvalue weighted by molar-refractivity contribution is 5.94. The van der Waals surface area contributed by atoms with Gasteiger partial charge in [-0.3, -0.25) is 4.79 Å². The summed E-state index contributed by atoms with van der Waals surface area (Å²) in [6.07, 6.45) is 2.52. The molecule has 1 aliphatic rings. The zero-order valence-electron chi connectivity index (χ0n) is 14.2. The summed E-state index contributed by atoms with van der Waals surface area (Å²) >= 11 is 0. The number of para-hydroxylation sites is 1. The van der Waals surface area contributed by atoms with Crippen LogP contribution < -0.4 is 10.1 Å². The van der Waals surface area contributed by atoms with E-state index in [4.69, 9.17) is 9.84 Å². The predicted octanol–water partition coefficient (Wildman–Crippen LogP) is 2.81. The van der Waals surface area contributed by atoms with Gasteiger partial charge in [0.15, 0.2) is 17.4 Å². The van der Waals surface area contributed by atoms with Crippen molar-refractivity contribution in [3.05, 3.63) is 48.5 Å². The number of carbonyl (C=O) groups is 1. The summed E-state index contributed by atoms with van der Waals surface area (Å²) in [5.41, 5.74) is 1.79. The number of hydrogen-bond acceptors (Lipinski definition) is 4. The molecule has 0 saturated heterocycles. The minimum Gasteiger partial charge on any atom is -0.487 e. The van der Waals surface area contributed by atoms with Crippen LogP contribution in [0.15, 0.2) is 42.7 Å². The normalized spacial score (nSPS) is 18.5. The number of pyridine rings is 1. The minimum atomic E-state index is -1.07. The van der Waals surface area contributed by atoms with E-state index in [1.165, 1.54) is 6.07 Å². The van der Waals surface area contributed by atoms with Crippen molar-refractivity contribution in [1.29, 1.82) is 0 Å². The number of carbonyl (C=O) groups excluding carboxylic acids is 1. The van der Waals surface area contributed by atoms with Crippen LogP contribution in [0.5, 0.6) is 5.75 Å². The van der Waals surface area contributed by atoms with Crippen LogP contribution in [-0.4, -0.2) is 39.8 Å². The fourth-order valence-corrected chi connectivity index (χ4v) is 2.90. The molecule has 2 aromatic heterocycles. The minimum absolute atomic E-state index is 0.0197. The number of hydrogen-bond donors (Lipinski definition) is 2. The molecule has 0 radical (unpaired) electrons. The van der Waals surface area contributed by atoms with Gasteiger partial charge in [-0.15, -0.1) is 0 Å². The number of nitrogens with zero attached hydrogens (tertiary/aromatic N) is 2. The van der Waals surface area contributed by atoms with Gasteiger partial charge in [-0.05, 0) is 24.6 Å². The summed E-state index contributed by atoms with van der Waals surface area (Å²) in [5.74, 6) is -1.11. The number of fused-ring (bicyclic) bond motifs is 1. The maximum Gasteiger partial charge on any atom is 0.231 e. The summed E-state index contributed by atoms with van der Waals surface area (Å²) in [4.78, 5) is 16.1. The maximum absolute atomic E-state index is 14.1. The molecule has 2 N–H and O–H groups in total. The Bertz CT molecular complexity index is 1010. The Hall–Kier alpha value is -3.00. The molecule has 0 bridgehead atoms. The highest BCUT2D eigenvalue weighted by Crippen LogP contribution is 2.35. The summed E-state index contributed by atoms with van der Waals surface area (Å²) in [5, 5.41) is 11.5. The Morgan fingerprint density at radius 3 is 2.89 bits per heavy atom. The number of ether oxygens (including phenoxy) is 1. The van der Waals surface area contributed by atoms with E-state index in [2.05, 4.69) is 10.3 Å². The Kier molecular flexibility index (Phi) is 4.49. The molecule has 2 heterocycles. The lowest BCUT2D eigenvalue weighted by atomic mass is 10.1. The molecular weight excluding hydrogens is 356 g/mol. The van der Waals surface area contributed by atoms with Crippen LogP contribution in [-0.2, 0) is 4.79 Å². The number of amides is 1. The van der Waals surface area contributed by atoms with E-state index in [1.54, 1.807) is 41.1 Å². The lowest BCUT2D eigenvalue weighted by Crippen LogP contribution is -2.15.